The zero-order valence-corrected chi connectivity index (χ0v) is 21.2. The molecule has 0 bridgehead atoms. The number of ether oxygens (including phenoxy) is 1. The van der Waals surface area contributed by atoms with Gasteiger partial charge in [-0.15, -0.1) is 10.2 Å². The molecule has 0 spiro atoms. The molecule has 0 aliphatic carbocycles. The number of rotatable bonds is 9. The van der Waals surface area contributed by atoms with Crippen LogP contribution >= 0.6 is 11.8 Å². The van der Waals surface area contributed by atoms with Crippen molar-refractivity contribution >= 4 is 23.4 Å². The number of carbonyl (C=O) groups is 1. The van der Waals surface area contributed by atoms with Crippen LogP contribution in [0.15, 0.2) is 84.0 Å². The van der Waals surface area contributed by atoms with Crippen LogP contribution in [0.25, 0.3) is 5.69 Å². The Morgan fingerprint density at radius 3 is 2.39 bits per heavy atom. The highest BCUT2D eigenvalue weighted by Gasteiger charge is 2.22. The first-order chi connectivity index (χ1) is 17.5. The number of amides is 1. The summed E-state index contributed by atoms with van der Waals surface area (Å²) < 4.78 is 8.11. The van der Waals surface area contributed by atoms with Crippen molar-refractivity contribution in [2.75, 3.05) is 11.1 Å². The largest absolute Gasteiger partial charge is 0.483 e. The first-order valence-corrected chi connectivity index (χ1v) is 12.6. The van der Waals surface area contributed by atoms with E-state index in [4.69, 9.17) is 4.74 Å². The molecule has 0 saturated carbocycles. The smallest absolute Gasteiger partial charge is 0.234 e. The molecule has 1 amide bonds. The number of anilines is 1. The van der Waals surface area contributed by atoms with E-state index in [2.05, 4.69) is 47.6 Å². The Hall–Kier alpha value is -4.09. The van der Waals surface area contributed by atoms with E-state index in [0.29, 0.717) is 28.1 Å². The van der Waals surface area contributed by atoms with Crippen LogP contribution in [0.1, 0.15) is 49.7 Å². The summed E-state index contributed by atoms with van der Waals surface area (Å²) in [6, 6.07) is 26.8. The highest BCUT2D eigenvalue weighted by atomic mass is 32.2. The van der Waals surface area contributed by atoms with Crippen LogP contribution in [-0.4, -0.2) is 26.4 Å². The molecule has 182 valence electrons. The number of nitrogens with zero attached hydrogens (tertiary/aromatic N) is 4. The molecule has 36 heavy (non-hydrogen) atoms. The number of carbonyl (C=O) groups excluding carboxylic acids is 1. The molecule has 8 heteroatoms. The summed E-state index contributed by atoms with van der Waals surface area (Å²) in [4.78, 5) is 12.6. The van der Waals surface area contributed by atoms with Gasteiger partial charge in [-0.05, 0) is 54.8 Å². The van der Waals surface area contributed by atoms with Crippen LogP contribution in [0.3, 0.4) is 0 Å². The van der Waals surface area contributed by atoms with Gasteiger partial charge in [-0.3, -0.25) is 9.36 Å². The second-order valence-corrected chi connectivity index (χ2v) is 9.43. The van der Waals surface area contributed by atoms with E-state index in [1.807, 2.05) is 54.0 Å². The number of benzene rings is 3. The fourth-order valence-corrected chi connectivity index (χ4v) is 4.41. The third-order valence-corrected chi connectivity index (χ3v) is 6.48. The number of aromatic nitrogens is 3. The molecule has 0 radical (unpaired) electrons. The van der Waals surface area contributed by atoms with Crippen molar-refractivity contribution in [2.45, 2.75) is 37.9 Å². The first kappa shape index (κ1) is 25.0. The lowest BCUT2D eigenvalue weighted by Gasteiger charge is -2.17. The maximum Gasteiger partial charge on any atom is 0.234 e. The minimum Gasteiger partial charge on any atom is -0.483 e. The topological polar surface area (TPSA) is 92.8 Å². The van der Waals surface area contributed by atoms with Gasteiger partial charge in [0.1, 0.15) is 11.8 Å². The fourth-order valence-electron chi connectivity index (χ4n) is 3.65. The normalized spacial score (nSPS) is 11.6. The van der Waals surface area contributed by atoms with Gasteiger partial charge in [0.15, 0.2) is 17.1 Å². The molecule has 4 rings (SSSR count). The Bertz CT molecular complexity index is 1360. The molecule has 1 N–H and O–H groups in total. The lowest BCUT2D eigenvalue weighted by molar-refractivity contribution is -0.113. The van der Waals surface area contributed by atoms with E-state index in [-0.39, 0.29) is 17.8 Å². The summed E-state index contributed by atoms with van der Waals surface area (Å²) in [5, 5.41) is 21.4. The van der Waals surface area contributed by atoms with Gasteiger partial charge in [0, 0.05) is 5.69 Å². The van der Waals surface area contributed by atoms with E-state index in [1.54, 1.807) is 24.3 Å². The van der Waals surface area contributed by atoms with Gasteiger partial charge in [-0.2, -0.15) is 5.26 Å². The Morgan fingerprint density at radius 1 is 1.00 bits per heavy atom. The SMILES string of the molecule is CC(C)c1ccc(OC(C)c2nnc(SCC(=O)Nc3ccccc3C#N)n2-c2ccccc2)cc1. The van der Waals surface area contributed by atoms with Gasteiger partial charge in [0.2, 0.25) is 5.91 Å². The molecule has 0 aliphatic heterocycles. The van der Waals surface area contributed by atoms with Crippen molar-refractivity contribution < 1.29 is 9.53 Å². The van der Waals surface area contributed by atoms with Crippen molar-refractivity contribution in [3.8, 4) is 17.5 Å². The summed E-state index contributed by atoms with van der Waals surface area (Å²) in [6.45, 7) is 6.24. The molecule has 7 nitrogen and oxygen atoms in total. The van der Waals surface area contributed by atoms with Crippen LogP contribution in [-0.2, 0) is 4.79 Å². The van der Waals surface area contributed by atoms with E-state index in [0.717, 1.165) is 11.4 Å². The number of hydrogen-bond donors (Lipinski definition) is 1. The van der Waals surface area contributed by atoms with Crippen molar-refractivity contribution in [1.29, 1.82) is 5.26 Å². The predicted molar refractivity (Wildman–Crippen MR) is 141 cm³/mol. The van der Waals surface area contributed by atoms with Gasteiger partial charge in [-0.25, -0.2) is 0 Å². The average molecular weight is 498 g/mol. The second-order valence-electron chi connectivity index (χ2n) is 8.49. The lowest BCUT2D eigenvalue weighted by Crippen LogP contribution is -2.16. The van der Waals surface area contributed by atoms with Crippen molar-refractivity contribution in [2.24, 2.45) is 0 Å². The molecular formula is C28H27N5O2S. The zero-order valence-electron chi connectivity index (χ0n) is 20.4. The highest BCUT2D eigenvalue weighted by molar-refractivity contribution is 7.99. The highest BCUT2D eigenvalue weighted by Crippen LogP contribution is 2.29. The molecule has 0 aliphatic rings. The number of para-hydroxylation sites is 2. The van der Waals surface area contributed by atoms with Crippen molar-refractivity contribution in [3.63, 3.8) is 0 Å². The van der Waals surface area contributed by atoms with Crippen LogP contribution < -0.4 is 10.1 Å². The zero-order chi connectivity index (χ0) is 25.5. The van der Waals surface area contributed by atoms with Gasteiger partial charge in [0.25, 0.3) is 0 Å². The first-order valence-electron chi connectivity index (χ1n) is 11.7. The maximum atomic E-state index is 12.6. The molecule has 1 heterocycles. The standard InChI is InChI=1S/C28H27N5O2S/c1-19(2)21-13-15-24(16-14-21)35-20(3)27-31-32-28(33(27)23-10-5-4-6-11-23)36-18-26(34)30-25-12-8-7-9-22(25)17-29/h4-16,19-20H,18H2,1-3H3,(H,30,34). The second kappa shape index (κ2) is 11.6. The van der Waals surface area contributed by atoms with E-state index >= 15 is 0 Å². The van der Waals surface area contributed by atoms with Gasteiger partial charge >= 0.3 is 0 Å². The third-order valence-electron chi connectivity index (χ3n) is 5.55. The van der Waals surface area contributed by atoms with E-state index in [9.17, 15) is 10.1 Å². The molecule has 0 saturated heterocycles. The lowest BCUT2D eigenvalue weighted by atomic mass is 10.0. The third kappa shape index (κ3) is 5.93. The van der Waals surface area contributed by atoms with Gasteiger partial charge in [0.05, 0.1) is 17.0 Å². The predicted octanol–water partition coefficient (Wildman–Crippen LogP) is 6.13. The minimum absolute atomic E-state index is 0.108. The molecule has 1 aromatic heterocycles. The van der Waals surface area contributed by atoms with Gasteiger partial charge in [-0.1, -0.05) is 68.1 Å². The number of thioether (sulfide) groups is 1. The Balaban J connectivity index is 1.53. The molecule has 0 fully saturated rings. The van der Waals surface area contributed by atoms with Crippen LogP contribution in [0.2, 0.25) is 0 Å². The monoisotopic (exact) mass is 497 g/mol. The summed E-state index contributed by atoms with van der Waals surface area (Å²) in [6.07, 6.45) is -0.381. The molecular weight excluding hydrogens is 470 g/mol. The van der Waals surface area contributed by atoms with Crippen LogP contribution in [0, 0.1) is 11.3 Å². The summed E-state index contributed by atoms with van der Waals surface area (Å²) in [5.41, 5.74) is 3.02. The molecule has 1 unspecified atom stereocenters. The average Bonchev–Trinajstić information content (AvgIpc) is 3.33. The molecule has 3 aromatic carbocycles. The summed E-state index contributed by atoms with van der Waals surface area (Å²) >= 11 is 1.27. The Labute approximate surface area is 215 Å². The molecule has 1 atom stereocenters. The Kier molecular flexibility index (Phi) is 8.03. The fraction of sp³-hybridized carbons (Fsp3) is 0.214. The quantitative estimate of drug-likeness (QED) is 0.280. The van der Waals surface area contributed by atoms with Gasteiger partial charge < -0.3 is 10.1 Å². The number of hydrogen-bond acceptors (Lipinski definition) is 6. The van der Waals surface area contributed by atoms with E-state index < -0.39 is 0 Å². The van der Waals surface area contributed by atoms with E-state index in [1.165, 1.54) is 17.3 Å². The number of nitriles is 1. The maximum absolute atomic E-state index is 12.6. The van der Waals surface area contributed by atoms with Crippen LogP contribution in [0.4, 0.5) is 5.69 Å². The Morgan fingerprint density at radius 2 is 1.69 bits per heavy atom. The minimum atomic E-state index is -0.381. The summed E-state index contributed by atoms with van der Waals surface area (Å²) in [5.74, 6) is 1.70. The summed E-state index contributed by atoms with van der Waals surface area (Å²) in [7, 11) is 0. The van der Waals surface area contributed by atoms with Crippen LogP contribution in [0.5, 0.6) is 5.75 Å². The van der Waals surface area contributed by atoms with Crippen molar-refractivity contribution in [3.05, 3.63) is 95.8 Å². The molecule has 4 aromatic rings. The van der Waals surface area contributed by atoms with Crippen molar-refractivity contribution in [1.82, 2.24) is 14.8 Å². The number of nitrogens with one attached hydrogen (secondary N) is 1.